The minimum absolute atomic E-state index is 0.0230. The van der Waals surface area contributed by atoms with Crippen LogP contribution in [0.15, 0.2) is 60.9 Å². The van der Waals surface area contributed by atoms with Crippen molar-refractivity contribution in [2.75, 3.05) is 10.6 Å². The average Bonchev–Trinajstić information content (AvgIpc) is 2.64. The highest BCUT2D eigenvalue weighted by Crippen LogP contribution is 2.30. The number of aromatic nitrogens is 2. The monoisotopic (exact) mass is 376 g/mol. The molecule has 0 aliphatic carbocycles. The van der Waals surface area contributed by atoms with Crippen LogP contribution < -0.4 is 10.6 Å². The van der Waals surface area contributed by atoms with Crippen LogP contribution in [-0.4, -0.2) is 15.9 Å². The van der Waals surface area contributed by atoms with Crippen LogP contribution >= 0.6 is 0 Å². The van der Waals surface area contributed by atoms with Gasteiger partial charge in [-0.1, -0.05) is 18.2 Å². The number of carbonyl (C=O) groups excluding carboxylic acids is 1. The summed E-state index contributed by atoms with van der Waals surface area (Å²) >= 11 is 0. The van der Waals surface area contributed by atoms with Crippen LogP contribution in [0.5, 0.6) is 0 Å². The molecule has 0 saturated carbocycles. The van der Waals surface area contributed by atoms with E-state index in [1.54, 1.807) is 6.07 Å². The minimum Gasteiger partial charge on any atom is -0.337 e. The van der Waals surface area contributed by atoms with Gasteiger partial charge in [-0.15, -0.1) is 0 Å². The van der Waals surface area contributed by atoms with E-state index in [1.807, 2.05) is 0 Å². The molecule has 1 aromatic heterocycles. The van der Waals surface area contributed by atoms with Gasteiger partial charge in [0, 0.05) is 5.69 Å². The normalized spacial score (nSPS) is 11.1. The molecule has 2 aromatic carbocycles. The fourth-order valence-corrected chi connectivity index (χ4v) is 2.18. The topological polar surface area (TPSA) is 66.9 Å². The molecule has 0 spiro atoms. The lowest BCUT2D eigenvalue weighted by Gasteiger charge is -2.10. The Labute approximate surface area is 151 Å². The third-order valence-electron chi connectivity index (χ3n) is 3.47. The lowest BCUT2D eigenvalue weighted by Crippen LogP contribution is -2.15. The van der Waals surface area contributed by atoms with Gasteiger partial charge in [-0.3, -0.25) is 4.79 Å². The summed E-state index contributed by atoms with van der Waals surface area (Å²) in [4.78, 5) is 20.0. The van der Waals surface area contributed by atoms with Crippen LogP contribution in [0.2, 0.25) is 0 Å². The van der Waals surface area contributed by atoms with Gasteiger partial charge in [-0.2, -0.15) is 13.2 Å². The van der Waals surface area contributed by atoms with Gasteiger partial charge >= 0.3 is 6.18 Å². The Bertz CT molecular complexity index is 958. The first-order valence-electron chi connectivity index (χ1n) is 7.65. The smallest absolute Gasteiger partial charge is 0.337 e. The summed E-state index contributed by atoms with van der Waals surface area (Å²) in [5.74, 6) is -0.999. The lowest BCUT2D eigenvalue weighted by molar-refractivity contribution is -0.137. The Morgan fingerprint density at radius 3 is 2.41 bits per heavy atom. The molecular formula is C18H12F4N4O. The summed E-state index contributed by atoms with van der Waals surface area (Å²) in [6.45, 7) is 0. The molecule has 27 heavy (non-hydrogen) atoms. The highest BCUT2D eigenvalue weighted by atomic mass is 19.4. The number of benzene rings is 2. The zero-order valence-corrected chi connectivity index (χ0v) is 13.6. The van der Waals surface area contributed by atoms with Crippen LogP contribution in [0.3, 0.4) is 0 Å². The Kier molecular flexibility index (Phi) is 5.02. The summed E-state index contributed by atoms with van der Waals surface area (Å²) in [6.07, 6.45) is -2.17. The molecule has 1 amide bonds. The number of amides is 1. The van der Waals surface area contributed by atoms with Gasteiger partial charge in [-0.05, 0) is 30.3 Å². The molecule has 0 aliphatic heterocycles. The third kappa shape index (κ3) is 4.57. The van der Waals surface area contributed by atoms with Gasteiger partial charge < -0.3 is 10.6 Å². The number of hydrogen-bond donors (Lipinski definition) is 2. The van der Waals surface area contributed by atoms with E-state index in [1.165, 1.54) is 36.5 Å². The van der Waals surface area contributed by atoms with Crippen molar-refractivity contribution in [2.24, 2.45) is 0 Å². The largest absolute Gasteiger partial charge is 0.416 e. The van der Waals surface area contributed by atoms with Gasteiger partial charge in [0.05, 0.1) is 23.6 Å². The van der Waals surface area contributed by atoms with Crippen LogP contribution in [0, 0.1) is 5.82 Å². The summed E-state index contributed by atoms with van der Waals surface area (Å²) in [5, 5.41) is 5.03. The van der Waals surface area contributed by atoms with Crippen molar-refractivity contribution in [1.82, 2.24) is 9.97 Å². The van der Waals surface area contributed by atoms with E-state index in [4.69, 9.17) is 0 Å². The van der Waals surface area contributed by atoms with Crippen LogP contribution in [0.1, 0.15) is 16.1 Å². The van der Waals surface area contributed by atoms with Crippen molar-refractivity contribution in [3.63, 3.8) is 0 Å². The average molecular weight is 376 g/mol. The van der Waals surface area contributed by atoms with Gasteiger partial charge in [-0.25, -0.2) is 14.4 Å². The van der Waals surface area contributed by atoms with Crippen LogP contribution in [0.4, 0.5) is 34.8 Å². The SMILES string of the molecule is O=C(Nc1cccc(C(F)(F)F)c1)c1cnc(Nc2ccccc2F)cn1. The van der Waals surface area contributed by atoms with E-state index in [0.717, 1.165) is 18.3 Å². The minimum atomic E-state index is -4.51. The van der Waals surface area contributed by atoms with Crippen molar-refractivity contribution < 1.29 is 22.4 Å². The van der Waals surface area contributed by atoms with E-state index >= 15 is 0 Å². The van der Waals surface area contributed by atoms with Gasteiger partial charge in [0.25, 0.3) is 5.91 Å². The fourth-order valence-electron chi connectivity index (χ4n) is 2.18. The first-order chi connectivity index (χ1) is 12.8. The van der Waals surface area contributed by atoms with E-state index in [0.29, 0.717) is 0 Å². The van der Waals surface area contributed by atoms with Crippen LogP contribution in [-0.2, 0) is 6.18 Å². The lowest BCUT2D eigenvalue weighted by atomic mass is 10.2. The Morgan fingerprint density at radius 1 is 0.963 bits per heavy atom. The molecule has 0 fully saturated rings. The van der Waals surface area contributed by atoms with Crippen molar-refractivity contribution in [3.8, 4) is 0 Å². The second kappa shape index (κ2) is 7.40. The number of nitrogens with one attached hydrogen (secondary N) is 2. The maximum Gasteiger partial charge on any atom is 0.416 e. The Morgan fingerprint density at radius 2 is 1.74 bits per heavy atom. The summed E-state index contributed by atoms with van der Waals surface area (Å²) in [7, 11) is 0. The van der Waals surface area contributed by atoms with Crippen molar-refractivity contribution in [2.45, 2.75) is 6.18 Å². The van der Waals surface area contributed by atoms with Crippen molar-refractivity contribution >= 4 is 23.1 Å². The highest BCUT2D eigenvalue weighted by molar-refractivity contribution is 6.02. The molecule has 0 saturated heterocycles. The number of hydrogen-bond acceptors (Lipinski definition) is 4. The number of carbonyl (C=O) groups is 1. The van der Waals surface area contributed by atoms with Gasteiger partial charge in [0.1, 0.15) is 17.3 Å². The standard InChI is InChI=1S/C18H12F4N4O/c19-13-6-1-2-7-14(13)26-16-10-23-15(9-24-16)17(27)25-12-5-3-4-11(8-12)18(20,21)22/h1-10H,(H,24,26)(H,25,27). The summed E-state index contributed by atoms with van der Waals surface area (Å²) < 4.78 is 51.7. The molecule has 0 radical (unpaired) electrons. The summed E-state index contributed by atoms with van der Waals surface area (Å²) in [5.41, 5.74) is -0.819. The number of alkyl halides is 3. The first-order valence-corrected chi connectivity index (χ1v) is 7.65. The maximum absolute atomic E-state index is 13.6. The van der Waals surface area contributed by atoms with E-state index in [9.17, 15) is 22.4 Å². The molecule has 3 rings (SSSR count). The van der Waals surface area contributed by atoms with Crippen molar-refractivity contribution in [3.05, 3.63) is 78.0 Å². The van der Waals surface area contributed by atoms with Crippen molar-refractivity contribution in [1.29, 1.82) is 0 Å². The first kappa shape index (κ1) is 18.3. The second-order valence-electron chi connectivity index (χ2n) is 5.42. The van der Waals surface area contributed by atoms with Crippen LogP contribution in [0.25, 0.3) is 0 Å². The van der Waals surface area contributed by atoms with E-state index < -0.39 is 23.5 Å². The molecule has 0 aliphatic rings. The zero-order chi connectivity index (χ0) is 19.4. The molecule has 5 nitrogen and oxygen atoms in total. The van der Waals surface area contributed by atoms with Gasteiger partial charge in [0.15, 0.2) is 0 Å². The molecule has 0 unspecified atom stereocenters. The Hall–Kier alpha value is -3.49. The molecule has 1 heterocycles. The molecule has 0 bridgehead atoms. The molecular weight excluding hydrogens is 364 g/mol. The Balaban J connectivity index is 1.70. The van der Waals surface area contributed by atoms with E-state index in [-0.39, 0.29) is 22.9 Å². The molecule has 138 valence electrons. The second-order valence-corrected chi connectivity index (χ2v) is 5.42. The predicted molar refractivity (Wildman–Crippen MR) is 91.1 cm³/mol. The summed E-state index contributed by atoms with van der Waals surface area (Å²) in [6, 6.07) is 10.2. The third-order valence-corrected chi connectivity index (χ3v) is 3.47. The van der Waals surface area contributed by atoms with Gasteiger partial charge in [0.2, 0.25) is 0 Å². The molecule has 9 heteroatoms. The molecule has 0 atom stereocenters. The number of halogens is 4. The maximum atomic E-state index is 13.6. The highest BCUT2D eigenvalue weighted by Gasteiger charge is 2.30. The van der Waals surface area contributed by atoms with E-state index in [2.05, 4.69) is 20.6 Å². The fraction of sp³-hybridized carbons (Fsp3) is 0.0556. The number of para-hydroxylation sites is 1. The number of anilines is 3. The predicted octanol–water partition coefficient (Wildman–Crippen LogP) is 4.63. The zero-order valence-electron chi connectivity index (χ0n) is 13.6. The number of rotatable bonds is 4. The number of nitrogens with zero attached hydrogens (tertiary/aromatic N) is 2. The molecule has 3 aromatic rings. The molecule has 2 N–H and O–H groups in total. The quantitative estimate of drug-likeness (QED) is 0.652.